The van der Waals surface area contributed by atoms with Gasteiger partial charge in [-0.3, -0.25) is 19.3 Å². The zero-order valence-corrected chi connectivity index (χ0v) is 17.1. The van der Waals surface area contributed by atoms with Crippen LogP contribution in [-0.2, 0) is 0 Å². The Morgan fingerprint density at radius 1 is 1.16 bits per heavy atom. The van der Waals surface area contributed by atoms with E-state index >= 15 is 0 Å². The van der Waals surface area contributed by atoms with Crippen LogP contribution in [-0.4, -0.2) is 43.6 Å². The highest BCUT2D eigenvalue weighted by atomic mass is 32.1. The molecule has 0 bridgehead atoms. The number of carbonyl (C=O) groups excluding carboxylic acids is 1. The number of benzene rings is 1. The number of aromatic amines is 2. The first kappa shape index (κ1) is 19.4. The number of thiophene rings is 1. The van der Waals surface area contributed by atoms with Crippen LogP contribution in [0.25, 0.3) is 21.5 Å². The van der Waals surface area contributed by atoms with Crippen molar-refractivity contribution in [3.63, 3.8) is 0 Å². The fourth-order valence-corrected chi connectivity index (χ4v) is 4.70. The Labute approximate surface area is 179 Å². The lowest BCUT2D eigenvalue weighted by molar-refractivity contribution is 0.0686. The highest BCUT2D eigenvalue weighted by Gasteiger charge is 2.28. The van der Waals surface area contributed by atoms with Gasteiger partial charge in [0.15, 0.2) is 5.69 Å². The monoisotopic (exact) mass is 439 g/mol. The minimum Gasteiger partial charge on any atom is -0.337 e. The van der Waals surface area contributed by atoms with Gasteiger partial charge in [0, 0.05) is 19.1 Å². The predicted molar refractivity (Wildman–Crippen MR) is 115 cm³/mol. The lowest BCUT2D eigenvalue weighted by Crippen LogP contribution is -2.45. The Morgan fingerprint density at radius 3 is 2.71 bits per heavy atom. The number of H-pyrrole nitrogens is 2. The molecule has 5 rings (SSSR count). The summed E-state index contributed by atoms with van der Waals surface area (Å²) in [7, 11) is 0. The van der Waals surface area contributed by atoms with Crippen LogP contribution in [0.2, 0.25) is 0 Å². The molecule has 0 saturated carbocycles. The fraction of sp³-hybridized carbons (Fsp3) is 0.238. The molecule has 4 heterocycles. The lowest BCUT2D eigenvalue weighted by Gasteiger charge is -2.32. The number of nitrogens with zero attached hydrogens (tertiary/aromatic N) is 3. The number of hydrogen-bond acceptors (Lipinski definition) is 5. The Bertz CT molecular complexity index is 1380. The van der Waals surface area contributed by atoms with Crippen molar-refractivity contribution in [2.75, 3.05) is 13.1 Å². The number of carbonyl (C=O) groups is 1. The standard InChI is InChI=1S/C21H18FN5O3S/c22-12-3-4-15-14(10-12)19(28)27(21(30)23-15)13-5-7-26(8-6-13)20(29)17-11-16(24-25-17)18-2-1-9-31-18/h1-4,9-11,13H,5-8H2,(H,23,30)(H,24,25). The summed E-state index contributed by atoms with van der Waals surface area (Å²) in [6.07, 6.45) is 0.884. The van der Waals surface area contributed by atoms with E-state index in [0.29, 0.717) is 37.1 Å². The summed E-state index contributed by atoms with van der Waals surface area (Å²) in [6, 6.07) is 8.95. The number of amides is 1. The molecule has 0 radical (unpaired) electrons. The molecule has 1 aliphatic heterocycles. The number of aromatic nitrogens is 4. The summed E-state index contributed by atoms with van der Waals surface area (Å²) in [4.78, 5) is 43.5. The Kier molecular flexibility index (Phi) is 4.78. The minimum absolute atomic E-state index is 0.135. The van der Waals surface area contributed by atoms with Crippen LogP contribution >= 0.6 is 11.3 Å². The second-order valence-corrected chi connectivity index (χ2v) is 8.41. The maximum Gasteiger partial charge on any atom is 0.329 e. The molecule has 0 atom stereocenters. The molecule has 1 aromatic carbocycles. The van der Waals surface area contributed by atoms with Crippen LogP contribution in [0.5, 0.6) is 0 Å². The van der Waals surface area contributed by atoms with Crippen molar-refractivity contribution in [3.8, 4) is 10.6 Å². The molecule has 2 N–H and O–H groups in total. The van der Waals surface area contributed by atoms with Gasteiger partial charge in [-0.15, -0.1) is 11.3 Å². The Balaban J connectivity index is 1.34. The maximum atomic E-state index is 13.6. The van der Waals surface area contributed by atoms with Gasteiger partial charge >= 0.3 is 5.69 Å². The van der Waals surface area contributed by atoms with E-state index in [0.717, 1.165) is 21.2 Å². The molecule has 1 fully saturated rings. The summed E-state index contributed by atoms with van der Waals surface area (Å²) in [5.41, 5.74) is 0.380. The number of fused-ring (bicyclic) bond motifs is 1. The van der Waals surface area contributed by atoms with Crippen molar-refractivity contribution in [1.29, 1.82) is 0 Å². The number of rotatable bonds is 3. The van der Waals surface area contributed by atoms with Gasteiger partial charge in [-0.05, 0) is 48.6 Å². The van der Waals surface area contributed by atoms with E-state index in [9.17, 15) is 18.8 Å². The van der Waals surface area contributed by atoms with Crippen LogP contribution in [0.3, 0.4) is 0 Å². The number of likely N-dealkylation sites (tertiary alicyclic amines) is 1. The van der Waals surface area contributed by atoms with Crippen molar-refractivity contribution in [3.05, 3.63) is 74.1 Å². The third kappa shape index (κ3) is 3.48. The van der Waals surface area contributed by atoms with Crippen molar-refractivity contribution in [2.24, 2.45) is 0 Å². The second-order valence-electron chi connectivity index (χ2n) is 7.46. The number of piperidine rings is 1. The lowest BCUT2D eigenvalue weighted by atomic mass is 10.0. The van der Waals surface area contributed by atoms with Gasteiger partial charge in [-0.1, -0.05) is 6.07 Å². The SMILES string of the molecule is O=C(c1cc(-c2cccs2)[nH]n1)N1CCC(n2c(=O)[nH]c3ccc(F)cc3c2=O)CC1. The Morgan fingerprint density at radius 2 is 1.97 bits per heavy atom. The third-order valence-electron chi connectivity index (χ3n) is 5.59. The molecule has 1 aliphatic rings. The zero-order valence-electron chi connectivity index (χ0n) is 16.3. The molecular weight excluding hydrogens is 421 g/mol. The molecule has 3 aromatic heterocycles. The van der Waals surface area contributed by atoms with E-state index in [1.807, 2.05) is 17.5 Å². The van der Waals surface area contributed by atoms with Crippen molar-refractivity contribution >= 4 is 28.1 Å². The predicted octanol–water partition coefficient (Wildman–Crippen LogP) is 2.76. The molecule has 0 unspecified atom stereocenters. The van der Waals surface area contributed by atoms with Gasteiger partial charge in [0.1, 0.15) is 5.82 Å². The summed E-state index contributed by atoms with van der Waals surface area (Å²) in [6.45, 7) is 0.773. The van der Waals surface area contributed by atoms with E-state index in [1.54, 1.807) is 22.3 Å². The fourth-order valence-electron chi connectivity index (χ4n) is 4.01. The molecule has 10 heteroatoms. The first-order chi connectivity index (χ1) is 15.0. The van der Waals surface area contributed by atoms with E-state index in [1.165, 1.54) is 12.1 Å². The van der Waals surface area contributed by atoms with E-state index in [-0.39, 0.29) is 17.3 Å². The summed E-state index contributed by atoms with van der Waals surface area (Å²) in [5.74, 6) is -0.733. The molecule has 8 nitrogen and oxygen atoms in total. The van der Waals surface area contributed by atoms with Crippen LogP contribution in [0.1, 0.15) is 29.4 Å². The average Bonchev–Trinajstić information content (AvgIpc) is 3.46. The highest BCUT2D eigenvalue weighted by molar-refractivity contribution is 7.13. The van der Waals surface area contributed by atoms with Gasteiger partial charge in [0.05, 0.1) is 21.5 Å². The average molecular weight is 439 g/mol. The van der Waals surface area contributed by atoms with Crippen LogP contribution in [0.4, 0.5) is 4.39 Å². The van der Waals surface area contributed by atoms with E-state index in [4.69, 9.17) is 0 Å². The van der Waals surface area contributed by atoms with Crippen molar-refractivity contribution < 1.29 is 9.18 Å². The molecule has 0 aliphatic carbocycles. The summed E-state index contributed by atoms with van der Waals surface area (Å²) < 4.78 is 14.7. The normalized spacial score (nSPS) is 14.9. The quantitative estimate of drug-likeness (QED) is 0.512. The molecule has 4 aromatic rings. The minimum atomic E-state index is -0.537. The molecule has 0 spiro atoms. The van der Waals surface area contributed by atoms with Crippen molar-refractivity contribution in [2.45, 2.75) is 18.9 Å². The second kappa shape index (κ2) is 7.62. The molecular formula is C21H18FN5O3S. The van der Waals surface area contributed by atoms with Crippen LogP contribution in [0, 0.1) is 5.82 Å². The number of nitrogens with one attached hydrogen (secondary N) is 2. The molecule has 158 valence electrons. The van der Waals surface area contributed by atoms with Gasteiger partial charge < -0.3 is 9.88 Å². The first-order valence-electron chi connectivity index (χ1n) is 9.84. The van der Waals surface area contributed by atoms with Crippen LogP contribution < -0.4 is 11.2 Å². The summed E-state index contributed by atoms with van der Waals surface area (Å²) in [5, 5.41) is 9.12. The first-order valence-corrected chi connectivity index (χ1v) is 10.7. The molecule has 31 heavy (non-hydrogen) atoms. The smallest absolute Gasteiger partial charge is 0.329 e. The summed E-state index contributed by atoms with van der Waals surface area (Å²) >= 11 is 1.55. The van der Waals surface area contributed by atoms with Crippen molar-refractivity contribution in [1.82, 2.24) is 24.6 Å². The largest absolute Gasteiger partial charge is 0.337 e. The topological polar surface area (TPSA) is 104 Å². The van der Waals surface area contributed by atoms with Gasteiger partial charge in [0.25, 0.3) is 11.5 Å². The zero-order chi connectivity index (χ0) is 21.5. The van der Waals surface area contributed by atoms with E-state index in [2.05, 4.69) is 15.2 Å². The number of halogens is 1. The number of hydrogen-bond donors (Lipinski definition) is 2. The Hall–Kier alpha value is -3.53. The van der Waals surface area contributed by atoms with Crippen LogP contribution in [0.15, 0.2) is 51.4 Å². The van der Waals surface area contributed by atoms with E-state index < -0.39 is 17.1 Å². The van der Waals surface area contributed by atoms with Gasteiger partial charge in [-0.25, -0.2) is 9.18 Å². The molecule has 1 amide bonds. The molecule has 1 saturated heterocycles. The van der Waals surface area contributed by atoms with Gasteiger partial charge in [-0.2, -0.15) is 5.10 Å². The maximum absolute atomic E-state index is 13.6. The third-order valence-corrected chi connectivity index (χ3v) is 6.49. The van der Waals surface area contributed by atoms with Gasteiger partial charge in [0.2, 0.25) is 0 Å². The highest BCUT2D eigenvalue weighted by Crippen LogP contribution is 2.25.